The zero-order valence-corrected chi connectivity index (χ0v) is 15.0. The number of carbonyl (C=O) groups excluding carboxylic acids is 1. The van der Waals surface area contributed by atoms with Gasteiger partial charge in [-0.1, -0.05) is 6.92 Å². The Morgan fingerprint density at radius 1 is 1.16 bits per heavy atom. The lowest BCUT2D eigenvalue weighted by Crippen LogP contribution is -2.39. The molecule has 0 aliphatic carbocycles. The quantitative estimate of drug-likeness (QED) is 0.635. The number of fused-ring (bicyclic) bond motifs is 3. The zero-order valence-electron chi connectivity index (χ0n) is 15.0. The Bertz CT molecular complexity index is 1110. The van der Waals surface area contributed by atoms with Crippen LogP contribution in [0.2, 0.25) is 0 Å². The lowest BCUT2D eigenvalue weighted by molar-refractivity contribution is -0.141. The SMILES string of the molecule is CCCn1c(=O)c2c(nc3n(CC(=O)OC)c(C)c(C)n23)n(C)c1=O. The number of esters is 1. The molecule has 3 rings (SSSR count). The number of aromatic nitrogens is 5. The van der Waals surface area contributed by atoms with Gasteiger partial charge >= 0.3 is 11.7 Å². The summed E-state index contributed by atoms with van der Waals surface area (Å²) >= 11 is 0. The summed E-state index contributed by atoms with van der Waals surface area (Å²) in [6.45, 7) is 5.94. The Morgan fingerprint density at radius 2 is 1.84 bits per heavy atom. The van der Waals surface area contributed by atoms with Crippen molar-refractivity contribution in [3.63, 3.8) is 0 Å². The number of nitrogens with zero attached hydrogens (tertiary/aromatic N) is 5. The third kappa shape index (κ3) is 2.30. The number of methoxy groups -OCH3 is 1. The van der Waals surface area contributed by atoms with Crippen LogP contribution in [0, 0.1) is 13.8 Å². The van der Waals surface area contributed by atoms with Gasteiger partial charge in [-0.15, -0.1) is 0 Å². The molecular weight excluding hydrogens is 326 g/mol. The molecule has 134 valence electrons. The van der Waals surface area contributed by atoms with E-state index in [1.54, 1.807) is 16.0 Å². The van der Waals surface area contributed by atoms with Gasteiger partial charge in [-0.25, -0.2) is 4.79 Å². The smallest absolute Gasteiger partial charge is 0.332 e. The number of imidazole rings is 2. The van der Waals surface area contributed by atoms with Crippen LogP contribution in [-0.4, -0.2) is 36.2 Å². The van der Waals surface area contributed by atoms with Crippen LogP contribution in [-0.2, 0) is 29.7 Å². The second-order valence-corrected chi connectivity index (χ2v) is 6.05. The number of aryl methyl sites for hydroxylation is 2. The Kier molecular flexibility index (Phi) is 4.02. The van der Waals surface area contributed by atoms with E-state index in [1.165, 1.54) is 16.2 Å². The fourth-order valence-corrected chi connectivity index (χ4v) is 3.12. The summed E-state index contributed by atoms with van der Waals surface area (Å²) < 4.78 is 10.7. The van der Waals surface area contributed by atoms with Crippen LogP contribution in [0.5, 0.6) is 0 Å². The Balaban J connectivity index is 2.47. The largest absolute Gasteiger partial charge is 0.468 e. The van der Waals surface area contributed by atoms with Crippen LogP contribution in [0.1, 0.15) is 24.7 Å². The van der Waals surface area contributed by atoms with Crippen LogP contribution in [0.3, 0.4) is 0 Å². The summed E-state index contributed by atoms with van der Waals surface area (Å²) in [6.07, 6.45) is 0.671. The number of hydrogen-bond donors (Lipinski definition) is 0. The van der Waals surface area contributed by atoms with Crippen LogP contribution < -0.4 is 11.2 Å². The standard InChI is InChI=1S/C16H21N5O4/c1-6-7-19-14(23)12-13(18(4)16(19)24)17-15-20(8-11(22)25-5)9(2)10(3)21(12)15/h6-8H2,1-5H3. The molecule has 0 amide bonds. The highest BCUT2D eigenvalue weighted by molar-refractivity contribution is 5.77. The van der Waals surface area contributed by atoms with Crippen molar-refractivity contribution < 1.29 is 9.53 Å². The molecule has 0 radical (unpaired) electrons. The molecule has 0 unspecified atom stereocenters. The molecule has 3 aromatic heterocycles. The minimum absolute atomic E-state index is 0.0138. The fourth-order valence-electron chi connectivity index (χ4n) is 3.12. The van der Waals surface area contributed by atoms with Gasteiger partial charge in [0.1, 0.15) is 6.54 Å². The first-order chi connectivity index (χ1) is 11.8. The van der Waals surface area contributed by atoms with E-state index in [2.05, 4.69) is 4.98 Å². The van der Waals surface area contributed by atoms with Crippen molar-refractivity contribution in [2.24, 2.45) is 7.05 Å². The van der Waals surface area contributed by atoms with E-state index in [-0.39, 0.29) is 12.1 Å². The molecule has 0 N–H and O–H groups in total. The normalized spacial score (nSPS) is 11.6. The van der Waals surface area contributed by atoms with Crippen molar-refractivity contribution in [2.75, 3.05) is 7.11 Å². The van der Waals surface area contributed by atoms with Gasteiger partial charge < -0.3 is 9.30 Å². The molecule has 0 aromatic carbocycles. The minimum atomic E-state index is -0.412. The van der Waals surface area contributed by atoms with Crippen molar-refractivity contribution in [2.45, 2.75) is 40.3 Å². The Morgan fingerprint density at radius 3 is 2.44 bits per heavy atom. The van der Waals surface area contributed by atoms with Gasteiger partial charge in [-0.2, -0.15) is 4.98 Å². The van der Waals surface area contributed by atoms with Gasteiger partial charge in [0.25, 0.3) is 5.56 Å². The van der Waals surface area contributed by atoms with Crippen LogP contribution >= 0.6 is 0 Å². The van der Waals surface area contributed by atoms with Crippen molar-refractivity contribution in [3.8, 4) is 0 Å². The lowest BCUT2D eigenvalue weighted by Gasteiger charge is -2.07. The van der Waals surface area contributed by atoms with Crippen LogP contribution in [0.15, 0.2) is 9.59 Å². The second-order valence-electron chi connectivity index (χ2n) is 6.05. The van der Waals surface area contributed by atoms with E-state index < -0.39 is 11.7 Å². The average molecular weight is 347 g/mol. The highest BCUT2D eigenvalue weighted by atomic mass is 16.5. The van der Waals surface area contributed by atoms with Gasteiger partial charge in [-0.3, -0.25) is 23.1 Å². The maximum atomic E-state index is 12.9. The molecule has 0 fully saturated rings. The summed E-state index contributed by atoms with van der Waals surface area (Å²) in [5, 5.41) is 0. The highest BCUT2D eigenvalue weighted by Crippen LogP contribution is 2.20. The maximum Gasteiger partial charge on any atom is 0.332 e. The lowest BCUT2D eigenvalue weighted by atomic mass is 10.3. The molecule has 0 aliphatic rings. The van der Waals surface area contributed by atoms with Gasteiger partial charge in [0, 0.05) is 25.0 Å². The summed E-state index contributed by atoms with van der Waals surface area (Å²) in [4.78, 5) is 41.6. The molecule has 0 atom stereocenters. The third-order valence-electron chi connectivity index (χ3n) is 4.59. The van der Waals surface area contributed by atoms with E-state index in [0.717, 1.165) is 11.4 Å². The van der Waals surface area contributed by atoms with Crippen molar-refractivity contribution >= 4 is 22.9 Å². The molecule has 3 heterocycles. The summed E-state index contributed by atoms with van der Waals surface area (Å²) in [5.41, 5.74) is 1.49. The molecule has 0 saturated carbocycles. The maximum absolute atomic E-state index is 12.9. The predicted molar refractivity (Wildman–Crippen MR) is 92.0 cm³/mol. The summed E-state index contributed by atoms with van der Waals surface area (Å²) in [7, 11) is 2.91. The molecule has 3 aromatic rings. The first kappa shape index (κ1) is 17.0. The van der Waals surface area contributed by atoms with Crippen molar-refractivity contribution in [1.29, 1.82) is 0 Å². The number of rotatable bonds is 4. The number of carbonyl (C=O) groups is 1. The Hall–Kier alpha value is -2.84. The summed E-state index contributed by atoms with van der Waals surface area (Å²) in [5.74, 6) is 0.0293. The molecular formula is C16H21N5O4. The molecule has 9 heteroatoms. The topological polar surface area (TPSA) is 92.5 Å². The fraction of sp³-hybridized carbons (Fsp3) is 0.500. The van der Waals surface area contributed by atoms with Crippen molar-refractivity contribution in [1.82, 2.24) is 23.1 Å². The second kappa shape index (κ2) is 5.91. The first-order valence-electron chi connectivity index (χ1n) is 8.07. The van der Waals surface area contributed by atoms with E-state index >= 15 is 0 Å². The number of ether oxygens (including phenoxy) is 1. The molecule has 0 saturated heterocycles. The van der Waals surface area contributed by atoms with Gasteiger partial charge in [-0.05, 0) is 20.3 Å². The molecule has 0 bridgehead atoms. The monoisotopic (exact) mass is 347 g/mol. The molecule has 0 spiro atoms. The van der Waals surface area contributed by atoms with Crippen LogP contribution in [0.4, 0.5) is 0 Å². The van der Waals surface area contributed by atoms with E-state index in [9.17, 15) is 14.4 Å². The van der Waals surface area contributed by atoms with E-state index in [4.69, 9.17) is 4.74 Å². The molecule has 0 aliphatic heterocycles. The third-order valence-corrected chi connectivity index (χ3v) is 4.59. The van der Waals surface area contributed by atoms with Gasteiger partial charge in [0.15, 0.2) is 11.2 Å². The molecule has 9 nitrogen and oxygen atoms in total. The van der Waals surface area contributed by atoms with Crippen LogP contribution in [0.25, 0.3) is 16.9 Å². The highest BCUT2D eigenvalue weighted by Gasteiger charge is 2.23. The average Bonchev–Trinajstić information content (AvgIpc) is 3.09. The van der Waals surface area contributed by atoms with Gasteiger partial charge in [0.2, 0.25) is 5.78 Å². The Labute approximate surface area is 143 Å². The summed E-state index contributed by atoms with van der Waals surface area (Å²) in [6, 6.07) is 0. The van der Waals surface area contributed by atoms with E-state index in [1.807, 2.05) is 20.8 Å². The van der Waals surface area contributed by atoms with Crippen molar-refractivity contribution in [3.05, 3.63) is 32.2 Å². The van der Waals surface area contributed by atoms with Gasteiger partial charge in [0.05, 0.1) is 7.11 Å². The zero-order chi connectivity index (χ0) is 18.5. The van der Waals surface area contributed by atoms with E-state index in [0.29, 0.717) is 29.9 Å². The minimum Gasteiger partial charge on any atom is -0.468 e. The molecule has 25 heavy (non-hydrogen) atoms. The first-order valence-corrected chi connectivity index (χ1v) is 8.07. The number of hydrogen-bond acceptors (Lipinski definition) is 5. The predicted octanol–water partition coefficient (Wildman–Crippen LogP) is 0.349.